The topological polar surface area (TPSA) is 38.0 Å². The van der Waals surface area contributed by atoms with E-state index in [1.807, 2.05) is 6.92 Å². The first-order valence-corrected chi connectivity index (χ1v) is 6.59. The predicted octanol–water partition coefficient (Wildman–Crippen LogP) is 2.53. The highest BCUT2D eigenvalue weighted by Gasteiger charge is 2.46. The first kappa shape index (κ1) is 14.5. The van der Waals surface area contributed by atoms with Gasteiger partial charge in [0.05, 0.1) is 6.54 Å². The van der Waals surface area contributed by atoms with Gasteiger partial charge in [-0.25, -0.2) is 0 Å². The molecule has 3 N–H and O–H groups in total. The van der Waals surface area contributed by atoms with E-state index in [0.29, 0.717) is 17.4 Å². The van der Waals surface area contributed by atoms with Crippen LogP contribution in [0, 0.1) is 22.7 Å². The van der Waals surface area contributed by atoms with E-state index in [9.17, 15) is 0 Å². The number of hydrogen-bond acceptors (Lipinski definition) is 2. The van der Waals surface area contributed by atoms with Crippen molar-refractivity contribution in [2.75, 3.05) is 13.1 Å². The van der Waals surface area contributed by atoms with E-state index in [1.165, 1.54) is 6.42 Å². The molecule has 0 aromatic rings. The van der Waals surface area contributed by atoms with E-state index in [-0.39, 0.29) is 5.54 Å². The van der Waals surface area contributed by atoms with Gasteiger partial charge in [-0.1, -0.05) is 33.6 Å². The van der Waals surface area contributed by atoms with Gasteiger partial charge in [-0.2, -0.15) is 0 Å². The van der Waals surface area contributed by atoms with Gasteiger partial charge in [0.2, 0.25) is 0 Å². The van der Waals surface area contributed by atoms with Gasteiger partial charge >= 0.3 is 0 Å². The lowest BCUT2D eigenvalue weighted by molar-refractivity contribution is 0.0347. The first-order chi connectivity index (χ1) is 7.74. The van der Waals surface area contributed by atoms with Crippen molar-refractivity contribution in [1.29, 1.82) is 0 Å². The molecule has 0 atom stereocenters. The first-order valence-electron chi connectivity index (χ1n) is 6.59. The molecule has 98 valence electrons. The van der Waals surface area contributed by atoms with E-state index in [4.69, 9.17) is 5.73 Å². The maximum absolute atomic E-state index is 6.05. The average Bonchev–Trinajstić information content (AvgIpc) is 2.13. The van der Waals surface area contributed by atoms with Gasteiger partial charge in [0.15, 0.2) is 0 Å². The summed E-state index contributed by atoms with van der Waals surface area (Å²) >= 11 is 0. The normalized spacial score (nSPS) is 24.8. The molecule has 1 aliphatic rings. The summed E-state index contributed by atoms with van der Waals surface area (Å²) in [6, 6.07) is 0. The minimum Gasteiger partial charge on any atom is -0.329 e. The van der Waals surface area contributed by atoms with Crippen molar-refractivity contribution in [1.82, 2.24) is 5.32 Å². The number of nitrogens with one attached hydrogen (secondary N) is 1. The van der Waals surface area contributed by atoms with Gasteiger partial charge in [-0.15, -0.1) is 5.92 Å². The lowest BCUT2D eigenvalue weighted by Gasteiger charge is -2.52. The Kier molecular flexibility index (Phi) is 4.28. The van der Waals surface area contributed by atoms with Crippen LogP contribution in [0.15, 0.2) is 0 Å². The fraction of sp³-hybridized carbons (Fsp3) is 0.867. The van der Waals surface area contributed by atoms with E-state index >= 15 is 0 Å². The predicted molar refractivity (Wildman–Crippen MR) is 74.7 cm³/mol. The Morgan fingerprint density at radius 3 is 2.00 bits per heavy atom. The Hall–Kier alpha value is -0.520. The minimum absolute atomic E-state index is 0.0646. The second-order valence-corrected chi connectivity index (χ2v) is 7.12. The summed E-state index contributed by atoms with van der Waals surface area (Å²) < 4.78 is 0. The van der Waals surface area contributed by atoms with Crippen LogP contribution in [0.2, 0.25) is 0 Å². The molecule has 0 unspecified atom stereocenters. The zero-order chi connectivity index (χ0) is 13.2. The van der Waals surface area contributed by atoms with Gasteiger partial charge in [-0.3, -0.25) is 5.32 Å². The van der Waals surface area contributed by atoms with Crippen LogP contribution >= 0.6 is 0 Å². The SMILES string of the molecule is CC#CCNC1(CN)CC(C)(C)CC(C)(C)C1. The molecule has 1 saturated carbocycles. The van der Waals surface area contributed by atoms with Crippen LogP contribution in [-0.2, 0) is 0 Å². The van der Waals surface area contributed by atoms with E-state index < -0.39 is 0 Å². The summed E-state index contributed by atoms with van der Waals surface area (Å²) in [5.41, 5.74) is 6.83. The van der Waals surface area contributed by atoms with Crippen molar-refractivity contribution in [3.63, 3.8) is 0 Å². The summed E-state index contributed by atoms with van der Waals surface area (Å²) in [4.78, 5) is 0. The summed E-state index contributed by atoms with van der Waals surface area (Å²) in [6.07, 6.45) is 3.56. The zero-order valence-electron chi connectivity index (χ0n) is 12.1. The van der Waals surface area contributed by atoms with Crippen LogP contribution in [0.3, 0.4) is 0 Å². The smallest absolute Gasteiger partial charge is 0.0581 e. The molecule has 17 heavy (non-hydrogen) atoms. The summed E-state index contributed by atoms with van der Waals surface area (Å²) in [7, 11) is 0. The lowest BCUT2D eigenvalue weighted by Crippen LogP contribution is -2.59. The molecule has 0 spiro atoms. The van der Waals surface area contributed by atoms with Gasteiger partial charge in [0.25, 0.3) is 0 Å². The standard InChI is InChI=1S/C15H28N2/c1-6-7-8-17-15(12-16)10-13(2,3)9-14(4,5)11-15/h17H,8-12,16H2,1-5H3. The highest BCUT2D eigenvalue weighted by molar-refractivity contribution is 5.06. The van der Waals surface area contributed by atoms with Crippen LogP contribution in [0.25, 0.3) is 0 Å². The largest absolute Gasteiger partial charge is 0.329 e. The van der Waals surface area contributed by atoms with E-state index in [0.717, 1.165) is 19.4 Å². The molecular formula is C15H28N2. The molecule has 0 radical (unpaired) electrons. The quantitative estimate of drug-likeness (QED) is 0.739. The molecule has 0 saturated heterocycles. The second-order valence-electron chi connectivity index (χ2n) is 7.12. The van der Waals surface area contributed by atoms with E-state index in [1.54, 1.807) is 0 Å². The Bertz CT molecular complexity index is 302. The number of nitrogens with two attached hydrogens (primary N) is 1. The Labute approximate surface area is 107 Å². The number of hydrogen-bond donors (Lipinski definition) is 2. The van der Waals surface area contributed by atoms with Crippen molar-refractivity contribution >= 4 is 0 Å². The molecular weight excluding hydrogens is 208 g/mol. The molecule has 0 bridgehead atoms. The third-order valence-corrected chi connectivity index (χ3v) is 3.71. The minimum atomic E-state index is 0.0646. The highest BCUT2D eigenvalue weighted by atomic mass is 15.0. The Balaban J connectivity index is 2.84. The Morgan fingerprint density at radius 1 is 1.06 bits per heavy atom. The monoisotopic (exact) mass is 236 g/mol. The fourth-order valence-electron chi connectivity index (χ4n) is 3.98. The molecule has 2 heteroatoms. The van der Waals surface area contributed by atoms with Crippen LogP contribution < -0.4 is 11.1 Å². The van der Waals surface area contributed by atoms with Crippen LogP contribution in [0.4, 0.5) is 0 Å². The summed E-state index contributed by atoms with van der Waals surface area (Å²) in [6.45, 7) is 12.7. The molecule has 2 nitrogen and oxygen atoms in total. The van der Waals surface area contributed by atoms with Gasteiger partial charge in [-0.05, 0) is 37.0 Å². The zero-order valence-corrected chi connectivity index (χ0v) is 12.1. The fourth-order valence-corrected chi connectivity index (χ4v) is 3.98. The third kappa shape index (κ3) is 4.01. The van der Waals surface area contributed by atoms with Crippen LogP contribution in [0.5, 0.6) is 0 Å². The maximum Gasteiger partial charge on any atom is 0.0581 e. The number of rotatable bonds is 3. The molecule has 0 aromatic carbocycles. The molecule has 1 aliphatic carbocycles. The molecule has 1 rings (SSSR count). The molecule has 0 aliphatic heterocycles. The van der Waals surface area contributed by atoms with Crippen molar-refractivity contribution in [2.24, 2.45) is 16.6 Å². The average molecular weight is 236 g/mol. The second kappa shape index (κ2) is 5.00. The highest BCUT2D eigenvalue weighted by Crippen LogP contribution is 2.49. The lowest BCUT2D eigenvalue weighted by atomic mass is 9.58. The van der Waals surface area contributed by atoms with Gasteiger partial charge < -0.3 is 5.73 Å². The third-order valence-electron chi connectivity index (χ3n) is 3.71. The van der Waals surface area contributed by atoms with Gasteiger partial charge in [0.1, 0.15) is 0 Å². The summed E-state index contributed by atoms with van der Waals surface area (Å²) in [5.74, 6) is 6.03. The molecule has 0 aromatic heterocycles. The van der Waals surface area contributed by atoms with Crippen molar-refractivity contribution in [2.45, 2.75) is 59.4 Å². The van der Waals surface area contributed by atoms with Crippen molar-refractivity contribution in [3.8, 4) is 11.8 Å². The van der Waals surface area contributed by atoms with E-state index in [2.05, 4.69) is 44.9 Å². The molecule has 1 fully saturated rings. The molecule has 0 amide bonds. The maximum atomic E-state index is 6.05. The van der Waals surface area contributed by atoms with Crippen molar-refractivity contribution in [3.05, 3.63) is 0 Å². The summed E-state index contributed by atoms with van der Waals surface area (Å²) in [5, 5.41) is 3.60. The molecule has 0 heterocycles. The Morgan fingerprint density at radius 2 is 1.59 bits per heavy atom. The van der Waals surface area contributed by atoms with Crippen LogP contribution in [0.1, 0.15) is 53.9 Å². The van der Waals surface area contributed by atoms with Crippen molar-refractivity contribution < 1.29 is 0 Å². The van der Waals surface area contributed by atoms with Gasteiger partial charge in [0, 0.05) is 12.1 Å². The van der Waals surface area contributed by atoms with Crippen LogP contribution in [-0.4, -0.2) is 18.6 Å².